The molecule has 1 aromatic rings. The summed E-state index contributed by atoms with van der Waals surface area (Å²) in [6.07, 6.45) is 3.38. The average Bonchev–Trinajstić information content (AvgIpc) is 2.28. The second kappa shape index (κ2) is 5.48. The predicted octanol–water partition coefficient (Wildman–Crippen LogP) is 1.71. The van der Waals surface area contributed by atoms with Gasteiger partial charge < -0.3 is 11.1 Å². The summed E-state index contributed by atoms with van der Waals surface area (Å²) in [7, 11) is 0. The van der Waals surface area contributed by atoms with E-state index in [1.54, 1.807) is 6.07 Å². The maximum Gasteiger partial charge on any atom is 0.230 e. The van der Waals surface area contributed by atoms with Crippen LogP contribution < -0.4 is 11.1 Å². The summed E-state index contributed by atoms with van der Waals surface area (Å²) in [5.41, 5.74) is 5.67. The molecular formula is C14H19FN2O. The van der Waals surface area contributed by atoms with Gasteiger partial charge in [-0.1, -0.05) is 18.6 Å². The molecule has 1 saturated carbocycles. The molecule has 1 aromatic carbocycles. The van der Waals surface area contributed by atoms with E-state index >= 15 is 0 Å². The quantitative estimate of drug-likeness (QED) is 0.782. The van der Waals surface area contributed by atoms with Crippen molar-refractivity contribution in [3.05, 3.63) is 35.6 Å². The Hall–Kier alpha value is -1.42. The molecule has 18 heavy (non-hydrogen) atoms. The fourth-order valence-corrected chi connectivity index (χ4v) is 2.44. The molecule has 0 aromatic heterocycles. The Kier molecular flexibility index (Phi) is 3.97. The lowest BCUT2D eigenvalue weighted by Crippen LogP contribution is -2.49. The van der Waals surface area contributed by atoms with E-state index in [1.807, 2.05) is 6.07 Å². The molecule has 0 unspecified atom stereocenters. The van der Waals surface area contributed by atoms with Crippen LogP contribution in [0, 0.1) is 5.82 Å². The Morgan fingerprint density at radius 3 is 2.78 bits per heavy atom. The molecule has 0 spiro atoms. The van der Waals surface area contributed by atoms with Gasteiger partial charge >= 0.3 is 0 Å². The highest BCUT2D eigenvalue weighted by Gasteiger charge is 2.45. The minimum absolute atomic E-state index is 0.00722. The van der Waals surface area contributed by atoms with E-state index in [0.29, 0.717) is 13.1 Å². The molecule has 98 valence electrons. The molecule has 1 amide bonds. The Labute approximate surface area is 107 Å². The van der Waals surface area contributed by atoms with E-state index in [1.165, 1.54) is 12.1 Å². The van der Waals surface area contributed by atoms with Crippen LogP contribution in [0.1, 0.15) is 31.2 Å². The van der Waals surface area contributed by atoms with Crippen molar-refractivity contribution in [3.8, 4) is 0 Å². The van der Waals surface area contributed by atoms with Gasteiger partial charge in [-0.05, 0) is 43.5 Å². The van der Waals surface area contributed by atoms with Crippen molar-refractivity contribution in [3.63, 3.8) is 0 Å². The van der Waals surface area contributed by atoms with Crippen LogP contribution in [0.5, 0.6) is 0 Å². The first kappa shape index (κ1) is 13.0. The highest BCUT2D eigenvalue weighted by atomic mass is 19.1. The minimum Gasteiger partial charge on any atom is -0.355 e. The summed E-state index contributed by atoms with van der Waals surface area (Å²) in [5, 5.41) is 2.90. The first-order chi connectivity index (χ1) is 8.69. The molecule has 0 saturated heterocycles. The van der Waals surface area contributed by atoms with Crippen LogP contribution in [0.3, 0.4) is 0 Å². The van der Waals surface area contributed by atoms with Gasteiger partial charge in [0.05, 0.1) is 5.41 Å². The van der Waals surface area contributed by atoms with Crippen molar-refractivity contribution >= 4 is 5.91 Å². The van der Waals surface area contributed by atoms with Gasteiger partial charge in [0.1, 0.15) is 5.82 Å². The average molecular weight is 250 g/mol. The normalized spacial score (nSPS) is 17.0. The van der Waals surface area contributed by atoms with Crippen LogP contribution in [0.25, 0.3) is 0 Å². The molecule has 4 heteroatoms. The van der Waals surface area contributed by atoms with E-state index in [4.69, 9.17) is 5.73 Å². The first-order valence-electron chi connectivity index (χ1n) is 6.43. The van der Waals surface area contributed by atoms with Crippen molar-refractivity contribution in [2.45, 2.75) is 31.1 Å². The van der Waals surface area contributed by atoms with Crippen LogP contribution in [-0.2, 0) is 10.2 Å². The number of carbonyl (C=O) groups excluding carboxylic acids is 1. The fourth-order valence-electron chi connectivity index (χ4n) is 2.44. The molecule has 3 nitrogen and oxygen atoms in total. The smallest absolute Gasteiger partial charge is 0.230 e. The van der Waals surface area contributed by atoms with Crippen LogP contribution in [0.4, 0.5) is 4.39 Å². The minimum atomic E-state index is -0.517. The third-order valence-electron chi connectivity index (χ3n) is 3.69. The Morgan fingerprint density at radius 1 is 1.44 bits per heavy atom. The number of rotatable bonds is 5. The molecule has 0 heterocycles. The van der Waals surface area contributed by atoms with Gasteiger partial charge in [0.25, 0.3) is 0 Å². The van der Waals surface area contributed by atoms with Gasteiger partial charge in [0.2, 0.25) is 5.91 Å². The zero-order chi connectivity index (χ0) is 13.0. The summed E-state index contributed by atoms with van der Waals surface area (Å²) >= 11 is 0. The summed E-state index contributed by atoms with van der Waals surface area (Å²) in [6.45, 7) is 1.15. The molecule has 0 bridgehead atoms. The van der Waals surface area contributed by atoms with Crippen molar-refractivity contribution in [2.24, 2.45) is 5.73 Å². The third-order valence-corrected chi connectivity index (χ3v) is 3.69. The maximum atomic E-state index is 13.3. The topological polar surface area (TPSA) is 55.1 Å². The Bertz CT molecular complexity index is 430. The summed E-state index contributed by atoms with van der Waals surface area (Å²) in [4.78, 5) is 12.3. The van der Waals surface area contributed by atoms with Gasteiger partial charge in [0.15, 0.2) is 0 Å². The molecule has 0 atom stereocenters. The molecule has 0 radical (unpaired) electrons. The highest BCUT2D eigenvalue weighted by Crippen LogP contribution is 2.44. The number of nitrogens with two attached hydrogens (primary N) is 1. The molecule has 1 fully saturated rings. The molecule has 1 aliphatic rings. The lowest BCUT2D eigenvalue weighted by molar-refractivity contribution is -0.129. The van der Waals surface area contributed by atoms with E-state index in [0.717, 1.165) is 31.2 Å². The number of halogens is 1. The number of benzene rings is 1. The first-order valence-corrected chi connectivity index (χ1v) is 6.43. The van der Waals surface area contributed by atoms with Gasteiger partial charge in [-0.15, -0.1) is 0 Å². The van der Waals surface area contributed by atoms with E-state index < -0.39 is 5.41 Å². The maximum absolute atomic E-state index is 13.3. The molecule has 1 aliphatic carbocycles. The lowest BCUT2D eigenvalue weighted by atomic mass is 9.64. The summed E-state index contributed by atoms with van der Waals surface area (Å²) in [5.74, 6) is -0.277. The van der Waals surface area contributed by atoms with Gasteiger partial charge in [-0.25, -0.2) is 4.39 Å². The van der Waals surface area contributed by atoms with Crippen LogP contribution >= 0.6 is 0 Å². The third kappa shape index (κ3) is 2.38. The SMILES string of the molecule is NCCCNC(=O)C1(c2cccc(F)c2)CCC1. The second-order valence-corrected chi connectivity index (χ2v) is 4.84. The lowest BCUT2D eigenvalue weighted by Gasteiger charge is -2.40. The number of hydrogen-bond donors (Lipinski definition) is 2. The summed E-state index contributed by atoms with van der Waals surface area (Å²) < 4.78 is 13.3. The summed E-state index contributed by atoms with van der Waals surface area (Å²) in [6, 6.07) is 6.38. The van der Waals surface area contributed by atoms with Crippen molar-refractivity contribution in [1.82, 2.24) is 5.32 Å². The van der Waals surface area contributed by atoms with Crippen molar-refractivity contribution in [1.29, 1.82) is 0 Å². The molecular weight excluding hydrogens is 231 g/mol. The monoisotopic (exact) mass is 250 g/mol. The molecule has 3 N–H and O–H groups in total. The zero-order valence-electron chi connectivity index (χ0n) is 10.4. The van der Waals surface area contributed by atoms with Crippen molar-refractivity contribution in [2.75, 3.05) is 13.1 Å². The number of nitrogens with one attached hydrogen (secondary N) is 1. The van der Waals surface area contributed by atoms with E-state index in [9.17, 15) is 9.18 Å². The number of carbonyl (C=O) groups is 1. The fraction of sp³-hybridized carbons (Fsp3) is 0.500. The van der Waals surface area contributed by atoms with Crippen molar-refractivity contribution < 1.29 is 9.18 Å². The van der Waals surface area contributed by atoms with E-state index in [2.05, 4.69) is 5.32 Å². The largest absolute Gasteiger partial charge is 0.355 e. The Balaban J connectivity index is 2.13. The number of amides is 1. The predicted molar refractivity (Wildman–Crippen MR) is 68.6 cm³/mol. The molecule has 2 rings (SSSR count). The van der Waals surface area contributed by atoms with Gasteiger partial charge in [-0.3, -0.25) is 4.79 Å². The van der Waals surface area contributed by atoms with Gasteiger partial charge in [0, 0.05) is 6.54 Å². The zero-order valence-corrected chi connectivity index (χ0v) is 10.4. The second-order valence-electron chi connectivity index (χ2n) is 4.84. The van der Waals surface area contributed by atoms with E-state index in [-0.39, 0.29) is 11.7 Å². The van der Waals surface area contributed by atoms with Gasteiger partial charge in [-0.2, -0.15) is 0 Å². The van der Waals surface area contributed by atoms with Crippen LogP contribution in [-0.4, -0.2) is 19.0 Å². The highest BCUT2D eigenvalue weighted by molar-refractivity contribution is 5.89. The molecule has 0 aliphatic heterocycles. The Morgan fingerprint density at radius 2 is 2.22 bits per heavy atom. The van der Waals surface area contributed by atoms with Crippen LogP contribution in [0.2, 0.25) is 0 Å². The van der Waals surface area contributed by atoms with Crippen LogP contribution in [0.15, 0.2) is 24.3 Å². The standard InChI is InChI=1S/C14H19FN2O/c15-12-5-1-4-11(10-12)14(6-2-7-14)13(18)17-9-3-8-16/h1,4-5,10H,2-3,6-9,16H2,(H,17,18). The number of hydrogen-bond acceptors (Lipinski definition) is 2.